The monoisotopic (exact) mass is 274 g/mol. The van der Waals surface area contributed by atoms with E-state index in [4.69, 9.17) is 0 Å². The van der Waals surface area contributed by atoms with Crippen molar-refractivity contribution in [2.45, 2.75) is 39.0 Å². The second kappa shape index (κ2) is 7.32. The van der Waals surface area contributed by atoms with Crippen LogP contribution in [0, 0.1) is 11.8 Å². The molecule has 2 atom stereocenters. The van der Waals surface area contributed by atoms with Crippen LogP contribution in [0.5, 0.6) is 0 Å². The third kappa shape index (κ3) is 3.99. The third-order valence-electron chi connectivity index (χ3n) is 4.44. The average molecular weight is 274 g/mol. The van der Waals surface area contributed by atoms with Crippen LogP contribution >= 0.6 is 0 Å². The van der Waals surface area contributed by atoms with Gasteiger partial charge in [0, 0.05) is 24.8 Å². The maximum Gasteiger partial charge on any atom is 0.251 e. The molecule has 0 saturated heterocycles. The molecule has 3 heteroatoms. The summed E-state index contributed by atoms with van der Waals surface area (Å²) in [6, 6.07) is 7.73. The third-order valence-corrected chi connectivity index (χ3v) is 4.44. The van der Waals surface area contributed by atoms with Crippen LogP contribution in [0.25, 0.3) is 0 Å². The number of anilines is 1. The Morgan fingerprint density at radius 2 is 1.90 bits per heavy atom. The molecule has 0 bridgehead atoms. The highest BCUT2D eigenvalue weighted by Crippen LogP contribution is 2.31. The molecule has 110 valence electrons. The Balaban J connectivity index is 1.83. The molecular formula is C17H26N2O. The molecule has 0 radical (unpaired) electrons. The van der Waals surface area contributed by atoms with E-state index >= 15 is 0 Å². The Kier molecular flexibility index (Phi) is 5.45. The molecule has 1 fully saturated rings. The van der Waals surface area contributed by atoms with E-state index < -0.39 is 0 Å². The lowest BCUT2D eigenvalue weighted by Gasteiger charge is -2.28. The Bertz CT molecular complexity index is 427. The van der Waals surface area contributed by atoms with Gasteiger partial charge in [-0.2, -0.15) is 0 Å². The SMILES string of the molecule is CC[C@H]1CCC[C@@H](CNc2ccc(C(=O)NC)cc2)C1. The van der Waals surface area contributed by atoms with Crippen molar-refractivity contribution in [2.24, 2.45) is 11.8 Å². The van der Waals surface area contributed by atoms with Crippen molar-refractivity contribution in [3.63, 3.8) is 0 Å². The van der Waals surface area contributed by atoms with E-state index in [1.165, 1.54) is 32.1 Å². The zero-order valence-electron chi connectivity index (χ0n) is 12.6. The quantitative estimate of drug-likeness (QED) is 0.860. The van der Waals surface area contributed by atoms with Crippen molar-refractivity contribution in [2.75, 3.05) is 18.9 Å². The molecular weight excluding hydrogens is 248 g/mol. The molecule has 1 saturated carbocycles. The fraction of sp³-hybridized carbons (Fsp3) is 0.588. The van der Waals surface area contributed by atoms with Crippen LogP contribution in [-0.2, 0) is 0 Å². The Morgan fingerprint density at radius 1 is 1.20 bits per heavy atom. The van der Waals surface area contributed by atoms with Gasteiger partial charge in [0.1, 0.15) is 0 Å². The first-order chi connectivity index (χ1) is 9.72. The molecule has 0 unspecified atom stereocenters. The number of carbonyl (C=O) groups excluding carboxylic acids is 1. The second-order valence-corrected chi connectivity index (χ2v) is 5.84. The summed E-state index contributed by atoms with van der Waals surface area (Å²) < 4.78 is 0. The summed E-state index contributed by atoms with van der Waals surface area (Å²) in [7, 11) is 1.65. The smallest absolute Gasteiger partial charge is 0.251 e. The van der Waals surface area contributed by atoms with Crippen molar-refractivity contribution in [3.05, 3.63) is 29.8 Å². The molecule has 2 N–H and O–H groups in total. The normalized spacial score (nSPS) is 22.3. The van der Waals surface area contributed by atoms with Crippen LogP contribution in [0.15, 0.2) is 24.3 Å². The highest BCUT2D eigenvalue weighted by Gasteiger charge is 2.20. The number of amides is 1. The average Bonchev–Trinajstić information content (AvgIpc) is 2.53. The summed E-state index contributed by atoms with van der Waals surface area (Å²) in [5, 5.41) is 6.15. The van der Waals surface area contributed by atoms with Gasteiger partial charge in [-0.05, 0) is 48.9 Å². The van der Waals surface area contributed by atoms with Crippen LogP contribution in [0.2, 0.25) is 0 Å². The number of hydrogen-bond donors (Lipinski definition) is 2. The molecule has 1 aliphatic carbocycles. The maximum absolute atomic E-state index is 11.5. The molecule has 0 aliphatic heterocycles. The van der Waals surface area contributed by atoms with Gasteiger partial charge in [-0.25, -0.2) is 0 Å². The Labute approximate surface area is 122 Å². The fourth-order valence-electron chi connectivity index (χ4n) is 3.10. The fourth-order valence-corrected chi connectivity index (χ4v) is 3.10. The Hall–Kier alpha value is -1.51. The van der Waals surface area contributed by atoms with Gasteiger partial charge in [-0.1, -0.05) is 26.2 Å². The van der Waals surface area contributed by atoms with Crippen LogP contribution in [-0.4, -0.2) is 19.5 Å². The molecule has 1 amide bonds. The molecule has 20 heavy (non-hydrogen) atoms. The van der Waals surface area contributed by atoms with Crippen LogP contribution in [0.3, 0.4) is 0 Å². The Morgan fingerprint density at radius 3 is 2.55 bits per heavy atom. The standard InChI is InChI=1S/C17H26N2O/c1-3-13-5-4-6-14(11-13)12-19-16-9-7-15(8-10-16)17(20)18-2/h7-10,13-14,19H,3-6,11-12H2,1-2H3,(H,18,20)/t13-,14+/m0/s1. The largest absolute Gasteiger partial charge is 0.385 e. The zero-order chi connectivity index (χ0) is 14.4. The van der Waals surface area contributed by atoms with Gasteiger partial charge in [-0.15, -0.1) is 0 Å². The summed E-state index contributed by atoms with van der Waals surface area (Å²) in [5.41, 5.74) is 1.82. The van der Waals surface area contributed by atoms with Crippen molar-refractivity contribution in [1.82, 2.24) is 5.32 Å². The van der Waals surface area contributed by atoms with Crippen LogP contribution in [0.4, 0.5) is 5.69 Å². The minimum Gasteiger partial charge on any atom is -0.385 e. The number of nitrogens with one attached hydrogen (secondary N) is 2. The van der Waals surface area contributed by atoms with E-state index in [2.05, 4.69) is 17.6 Å². The number of rotatable bonds is 5. The molecule has 0 heterocycles. The number of hydrogen-bond acceptors (Lipinski definition) is 2. The minimum absolute atomic E-state index is 0.0328. The molecule has 1 aromatic rings. The summed E-state index contributed by atoms with van der Waals surface area (Å²) >= 11 is 0. The van der Waals surface area contributed by atoms with Crippen molar-refractivity contribution in [1.29, 1.82) is 0 Å². The van der Waals surface area contributed by atoms with Gasteiger partial charge in [0.2, 0.25) is 0 Å². The summed E-state index contributed by atoms with van der Waals surface area (Å²) in [4.78, 5) is 11.5. The lowest BCUT2D eigenvalue weighted by molar-refractivity contribution is 0.0963. The van der Waals surface area contributed by atoms with Gasteiger partial charge in [0.05, 0.1) is 0 Å². The second-order valence-electron chi connectivity index (χ2n) is 5.84. The van der Waals surface area contributed by atoms with Gasteiger partial charge in [-0.3, -0.25) is 4.79 Å². The van der Waals surface area contributed by atoms with E-state index in [1.54, 1.807) is 7.05 Å². The van der Waals surface area contributed by atoms with Crippen LogP contribution in [0.1, 0.15) is 49.4 Å². The summed E-state index contributed by atoms with van der Waals surface area (Å²) in [6.45, 7) is 3.35. The summed E-state index contributed by atoms with van der Waals surface area (Å²) in [5.74, 6) is 1.69. The van der Waals surface area contributed by atoms with Crippen molar-refractivity contribution < 1.29 is 4.79 Å². The van der Waals surface area contributed by atoms with Crippen LogP contribution < -0.4 is 10.6 Å². The van der Waals surface area contributed by atoms with Gasteiger partial charge >= 0.3 is 0 Å². The first kappa shape index (κ1) is 14.9. The zero-order valence-corrected chi connectivity index (χ0v) is 12.6. The predicted molar refractivity (Wildman–Crippen MR) is 84.1 cm³/mol. The summed E-state index contributed by atoms with van der Waals surface area (Å²) in [6.07, 6.45) is 6.81. The molecule has 1 aromatic carbocycles. The maximum atomic E-state index is 11.5. The molecule has 1 aliphatic rings. The first-order valence-corrected chi connectivity index (χ1v) is 7.79. The lowest BCUT2D eigenvalue weighted by atomic mass is 9.80. The van der Waals surface area contributed by atoms with Crippen molar-refractivity contribution in [3.8, 4) is 0 Å². The first-order valence-electron chi connectivity index (χ1n) is 7.79. The predicted octanol–water partition coefficient (Wildman–Crippen LogP) is 3.67. The van der Waals surface area contributed by atoms with E-state index in [-0.39, 0.29) is 5.91 Å². The van der Waals surface area contributed by atoms with E-state index in [1.807, 2.05) is 24.3 Å². The highest BCUT2D eigenvalue weighted by molar-refractivity contribution is 5.94. The van der Waals surface area contributed by atoms with Gasteiger partial charge < -0.3 is 10.6 Å². The molecule has 3 nitrogen and oxygen atoms in total. The number of carbonyl (C=O) groups is 1. The van der Waals surface area contributed by atoms with Crippen molar-refractivity contribution >= 4 is 11.6 Å². The van der Waals surface area contributed by atoms with Gasteiger partial charge in [0.15, 0.2) is 0 Å². The topological polar surface area (TPSA) is 41.1 Å². The van der Waals surface area contributed by atoms with Gasteiger partial charge in [0.25, 0.3) is 5.91 Å². The molecule has 2 rings (SSSR count). The molecule has 0 aromatic heterocycles. The lowest BCUT2D eigenvalue weighted by Crippen LogP contribution is -2.22. The highest BCUT2D eigenvalue weighted by atomic mass is 16.1. The minimum atomic E-state index is -0.0328. The van der Waals surface area contributed by atoms with E-state index in [0.717, 1.165) is 24.1 Å². The van der Waals surface area contributed by atoms with E-state index in [0.29, 0.717) is 5.56 Å². The molecule has 0 spiro atoms. The van der Waals surface area contributed by atoms with E-state index in [9.17, 15) is 4.79 Å². The number of benzene rings is 1.